The van der Waals surface area contributed by atoms with Gasteiger partial charge in [0.1, 0.15) is 11.5 Å². The molecule has 3 aromatic rings. The van der Waals surface area contributed by atoms with Crippen LogP contribution in [0, 0.1) is 5.92 Å². The quantitative estimate of drug-likeness (QED) is 0.428. The van der Waals surface area contributed by atoms with Gasteiger partial charge in [0, 0.05) is 17.1 Å². The van der Waals surface area contributed by atoms with Gasteiger partial charge in [-0.3, -0.25) is 4.79 Å². The SMILES string of the molecule is CC(c1ncnn1-c1ccc(Cl)nc1)N(CC1CC1)C(=O)c1cc(Cl)cc(C(F)(F)F)c1. The van der Waals surface area contributed by atoms with Crippen molar-refractivity contribution in [1.82, 2.24) is 24.6 Å². The number of amides is 1. The van der Waals surface area contributed by atoms with Crippen molar-refractivity contribution in [2.24, 2.45) is 5.92 Å². The van der Waals surface area contributed by atoms with E-state index in [1.807, 2.05) is 0 Å². The Morgan fingerprint density at radius 1 is 1.22 bits per heavy atom. The van der Waals surface area contributed by atoms with E-state index in [1.165, 1.54) is 28.2 Å². The number of aromatic nitrogens is 4. The smallest absolute Gasteiger partial charge is 0.328 e. The van der Waals surface area contributed by atoms with E-state index >= 15 is 0 Å². The van der Waals surface area contributed by atoms with E-state index in [0.717, 1.165) is 25.0 Å². The first kappa shape index (κ1) is 22.5. The summed E-state index contributed by atoms with van der Waals surface area (Å²) in [5, 5.41) is 4.38. The molecule has 0 saturated heterocycles. The van der Waals surface area contributed by atoms with Crippen LogP contribution in [-0.2, 0) is 6.18 Å². The molecule has 0 bridgehead atoms. The lowest BCUT2D eigenvalue weighted by Crippen LogP contribution is -2.36. The number of benzene rings is 1. The molecule has 11 heteroatoms. The summed E-state index contributed by atoms with van der Waals surface area (Å²) in [6, 6.07) is 5.62. The molecule has 1 atom stereocenters. The minimum absolute atomic E-state index is 0.128. The topological polar surface area (TPSA) is 63.9 Å². The highest BCUT2D eigenvalue weighted by molar-refractivity contribution is 6.31. The Bertz CT molecular complexity index is 1130. The number of carbonyl (C=O) groups is 1. The Morgan fingerprint density at radius 3 is 2.59 bits per heavy atom. The molecule has 0 N–H and O–H groups in total. The lowest BCUT2D eigenvalue weighted by molar-refractivity contribution is -0.137. The van der Waals surface area contributed by atoms with Gasteiger partial charge in [0.2, 0.25) is 0 Å². The normalized spacial score (nSPS) is 14.9. The lowest BCUT2D eigenvalue weighted by atomic mass is 10.1. The van der Waals surface area contributed by atoms with Crippen molar-refractivity contribution in [2.75, 3.05) is 6.54 Å². The second-order valence-corrected chi connectivity index (χ2v) is 8.50. The maximum atomic E-state index is 13.4. The molecule has 4 rings (SSSR count). The molecule has 1 saturated carbocycles. The van der Waals surface area contributed by atoms with Crippen molar-refractivity contribution in [3.05, 3.63) is 70.0 Å². The fraction of sp³-hybridized carbons (Fsp3) is 0.333. The number of rotatable bonds is 6. The van der Waals surface area contributed by atoms with Crippen LogP contribution >= 0.6 is 23.2 Å². The highest BCUT2D eigenvalue weighted by Gasteiger charge is 2.35. The van der Waals surface area contributed by atoms with Crippen LogP contribution in [0.1, 0.15) is 47.6 Å². The minimum atomic E-state index is -4.62. The Hall–Kier alpha value is -2.65. The molecule has 32 heavy (non-hydrogen) atoms. The molecule has 1 aromatic carbocycles. The molecule has 1 aliphatic carbocycles. The summed E-state index contributed by atoms with van der Waals surface area (Å²) in [6.45, 7) is 2.15. The number of pyridine rings is 1. The molecule has 0 aliphatic heterocycles. The second kappa shape index (κ2) is 8.71. The van der Waals surface area contributed by atoms with Crippen LogP contribution in [0.5, 0.6) is 0 Å². The van der Waals surface area contributed by atoms with Gasteiger partial charge in [-0.2, -0.15) is 18.3 Å². The van der Waals surface area contributed by atoms with Gasteiger partial charge in [-0.25, -0.2) is 14.6 Å². The van der Waals surface area contributed by atoms with Crippen molar-refractivity contribution in [1.29, 1.82) is 0 Å². The van der Waals surface area contributed by atoms with E-state index in [9.17, 15) is 18.0 Å². The van der Waals surface area contributed by atoms with Crippen LogP contribution in [0.25, 0.3) is 5.69 Å². The molecule has 2 aromatic heterocycles. The van der Waals surface area contributed by atoms with E-state index in [0.29, 0.717) is 23.2 Å². The fourth-order valence-corrected chi connectivity index (χ4v) is 3.75. The minimum Gasteiger partial charge on any atom is -0.328 e. The zero-order valence-corrected chi connectivity index (χ0v) is 18.4. The summed E-state index contributed by atoms with van der Waals surface area (Å²) >= 11 is 11.8. The fourth-order valence-electron chi connectivity index (χ4n) is 3.41. The van der Waals surface area contributed by atoms with Crippen molar-refractivity contribution in [3.63, 3.8) is 0 Å². The van der Waals surface area contributed by atoms with Crippen molar-refractivity contribution < 1.29 is 18.0 Å². The summed E-state index contributed by atoms with van der Waals surface area (Å²) in [7, 11) is 0. The number of nitrogens with zero attached hydrogens (tertiary/aromatic N) is 5. The first-order valence-corrected chi connectivity index (χ1v) is 10.6. The summed E-state index contributed by atoms with van der Waals surface area (Å²) in [4.78, 5) is 23.2. The zero-order valence-electron chi connectivity index (χ0n) is 16.9. The highest BCUT2D eigenvalue weighted by Crippen LogP contribution is 2.35. The molecule has 1 aliphatic rings. The molecule has 6 nitrogen and oxygen atoms in total. The van der Waals surface area contributed by atoms with E-state index in [4.69, 9.17) is 23.2 Å². The number of carbonyl (C=O) groups excluding carboxylic acids is 1. The Kier molecular flexibility index (Phi) is 6.13. The Labute approximate surface area is 192 Å². The van der Waals surface area contributed by atoms with Gasteiger partial charge in [-0.05, 0) is 56.0 Å². The molecule has 1 unspecified atom stereocenters. The van der Waals surface area contributed by atoms with Gasteiger partial charge in [0.05, 0.1) is 23.5 Å². The summed E-state index contributed by atoms with van der Waals surface area (Å²) < 4.78 is 41.3. The van der Waals surface area contributed by atoms with Crippen molar-refractivity contribution >= 4 is 29.1 Å². The number of alkyl halides is 3. The van der Waals surface area contributed by atoms with E-state index in [-0.39, 0.29) is 16.5 Å². The maximum absolute atomic E-state index is 13.4. The molecular weight excluding hydrogens is 466 g/mol. The van der Waals surface area contributed by atoms with Gasteiger partial charge in [-0.1, -0.05) is 23.2 Å². The van der Waals surface area contributed by atoms with Crippen LogP contribution in [0.4, 0.5) is 13.2 Å². The van der Waals surface area contributed by atoms with Crippen LogP contribution in [0.3, 0.4) is 0 Å². The standard InChI is InChI=1S/C21H18Cl2F3N5O/c1-12(19-28-11-29-31(19)17-4-5-18(23)27-9-17)30(10-13-2-3-13)20(32)14-6-15(21(24,25)26)8-16(22)7-14/h4-9,11-13H,2-3,10H2,1H3. The Morgan fingerprint density at radius 2 is 1.97 bits per heavy atom. The molecule has 1 fully saturated rings. The van der Waals surface area contributed by atoms with E-state index in [2.05, 4.69) is 15.1 Å². The van der Waals surface area contributed by atoms with Gasteiger partial charge < -0.3 is 4.90 Å². The van der Waals surface area contributed by atoms with Crippen molar-refractivity contribution in [2.45, 2.75) is 32.0 Å². The highest BCUT2D eigenvalue weighted by atomic mass is 35.5. The number of hydrogen-bond donors (Lipinski definition) is 0. The third-order valence-electron chi connectivity index (χ3n) is 5.26. The van der Waals surface area contributed by atoms with Crippen LogP contribution in [0.15, 0.2) is 42.9 Å². The molecule has 0 radical (unpaired) electrons. The molecule has 2 heterocycles. The van der Waals surface area contributed by atoms with Crippen LogP contribution < -0.4 is 0 Å². The zero-order chi connectivity index (χ0) is 23.0. The summed E-state index contributed by atoms with van der Waals surface area (Å²) in [5.74, 6) is 0.179. The molecule has 0 spiro atoms. The van der Waals surface area contributed by atoms with Gasteiger partial charge in [0.25, 0.3) is 5.91 Å². The number of hydrogen-bond acceptors (Lipinski definition) is 4. The third-order valence-corrected chi connectivity index (χ3v) is 5.70. The first-order valence-electron chi connectivity index (χ1n) is 9.84. The van der Waals surface area contributed by atoms with Gasteiger partial charge >= 0.3 is 6.18 Å². The first-order chi connectivity index (χ1) is 15.1. The molecular formula is C21H18Cl2F3N5O. The van der Waals surface area contributed by atoms with Crippen LogP contribution in [0.2, 0.25) is 10.2 Å². The average molecular weight is 484 g/mol. The monoisotopic (exact) mass is 483 g/mol. The van der Waals surface area contributed by atoms with E-state index < -0.39 is 23.7 Å². The molecule has 1 amide bonds. The Balaban J connectivity index is 1.70. The third kappa shape index (κ3) is 4.88. The van der Waals surface area contributed by atoms with Gasteiger partial charge in [0.15, 0.2) is 5.82 Å². The van der Waals surface area contributed by atoms with Crippen molar-refractivity contribution in [3.8, 4) is 5.69 Å². The predicted molar refractivity (Wildman–Crippen MR) is 113 cm³/mol. The average Bonchev–Trinajstić information content (AvgIpc) is 3.43. The van der Waals surface area contributed by atoms with Gasteiger partial charge in [-0.15, -0.1) is 0 Å². The predicted octanol–water partition coefficient (Wildman–Crippen LogP) is 5.60. The summed E-state index contributed by atoms with van der Waals surface area (Å²) in [5.41, 5.74) is -0.506. The maximum Gasteiger partial charge on any atom is 0.416 e. The largest absolute Gasteiger partial charge is 0.416 e. The number of halogens is 5. The van der Waals surface area contributed by atoms with Crippen LogP contribution in [-0.4, -0.2) is 37.1 Å². The summed E-state index contributed by atoms with van der Waals surface area (Å²) in [6.07, 6.45) is 0.157. The van der Waals surface area contributed by atoms with E-state index in [1.54, 1.807) is 19.1 Å². The second-order valence-electron chi connectivity index (χ2n) is 7.67. The molecule has 168 valence electrons. The lowest BCUT2D eigenvalue weighted by Gasteiger charge is -2.29.